The molecule has 0 radical (unpaired) electrons. The van der Waals surface area contributed by atoms with Crippen LogP contribution in [0.15, 0.2) is 29.7 Å². The van der Waals surface area contributed by atoms with Crippen molar-refractivity contribution in [2.75, 3.05) is 0 Å². The summed E-state index contributed by atoms with van der Waals surface area (Å²) in [4.78, 5) is 0. The standard InChI is InChI=1S/C11H18O.C2H4/c1-8(2)9-6-7-10(12-9)11(3,4)5;1-2/h6-8H,1-5H3;1-2H2. The Morgan fingerprint density at radius 2 is 1.64 bits per heavy atom. The Morgan fingerprint density at radius 3 is 1.86 bits per heavy atom. The summed E-state index contributed by atoms with van der Waals surface area (Å²) in [6.07, 6.45) is 0. The van der Waals surface area contributed by atoms with E-state index in [1.165, 1.54) is 0 Å². The second kappa shape index (κ2) is 5.04. The highest BCUT2D eigenvalue weighted by molar-refractivity contribution is 5.15. The summed E-state index contributed by atoms with van der Waals surface area (Å²) >= 11 is 0. The van der Waals surface area contributed by atoms with Gasteiger partial charge in [0.1, 0.15) is 11.5 Å². The maximum absolute atomic E-state index is 5.71. The summed E-state index contributed by atoms with van der Waals surface area (Å²) in [6, 6.07) is 4.15. The zero-order valence-electron chi connectivity index (χ0n) is 10.1. The van der Waals surface area contributed by atoms with Crippen molar-refractivity contribution in [3.63, 3.8) is 0 Å². The highest BCUT2D eigenvalue weighted by atomic mass is 16.3. The number of hydrogen-bond donors (Lipinski definition) is 0. The Hall–Kier alpha value is -0.980. The van der Waals surface area contributed by atoms with Crippen molar-refractivity contribution in [3.05, 3.63) is 36.8 Å². The van der Waals surface area contributed by atoms with Crippen LogP contribution in [-0.4, -0.2) is 0 Å². The first kappa shape index (κ1) is 13.0. The first-order valence-electron chi connectivity index (χ1n) is 5.01. The highest BCUT2D eigenvalue weighted by Crippen LogP contribution is 2.27. The summed E-state index contributed by atoms with van der Waals surface area (Å²) in [6.45, 7) is 16.8. The van der Waals surface area contributed by atoms with Gasteiger partial charge in [-0.3, -0.25) is 0 Å². The molecule has 0 spiro atoms. The summed E-state index contributed by atoms with van der Waals surface area (Å²) in [5, 5.41) is 0. The van der Waals surface area contributed by atoms with E-state index < -0.39 is 0 Å². The van der Waals surface area contributed by atoms with Gasteiger partial charge in [-0.1, -0.05) is 34.6 Å². The first-order valence-corrected chi connectivity index (χ1v) is 5.01. The molecule has 0 unspecified atom stereocenters. The van der Waals surface area contributed by atoms with Crippen LogP contribution in [-0.2, 0) is 5.41 Å². The van der Waals surface area contributed by atoms with E-state index in [1.807, 2.05) is 0 Å². The molecule has 1 aromatic rings. The smallest absolute Gasteiger partial charge is 0.109 e. The highest BCUT2D eigenvalue weighted by Gasteiger charge is 2.18. The molecule has 0 N–H and O–H groups in total. The van der Waals surface area contributed by atoms with E-state index in [0.29, 0.717) is 5.92 Å². The maximum atomic E-state index is 5.71. The van der Waals surface area contributed by atoms with Gasteiger partial charge in [0.25, 0.3) is 0 Å². The third kappa shape index (κ3) is 3.41. The first-order chi connectivity index (χ1) is 6.41. The molecule has 0 amide bonds. The Kier molecular flexibility index (Phi) is 4.69. The fraction of sp³-hybridized carbons (Fsp3) is 0.538. The fourth-order valence-electron chi connectivity index (χ4n) is 1.07. The largest absolute Gasteiger partial charge is 0.465 e. The number of hydrogen-bond acceptors (Lipinski definition) is 1. The normalized spacial score (nSPS) is 11.0. The van der Waals surface area contributed by atoms with Gasteiger partial charge in [-0.2, -0.15) is 0 Å². The van der Waals surface area contributed by atoms with Gasteiger partial charge in [-0.05, 0) is 12.1 Å². The molecule has 0 aliphatic heterocycles. The van der Waals surface area contributed by atoms with E-state index in [1.54, 1.807) is 0 Å². The third-order valence-electron chi connectivity index (χ3n) is 1.94. The summed E-state index contributed by atoms with van der Waals surface area (Å²) < 4.78 is 5.71. The van der Waals surface area contributed by atoms with E-state index in [4.69, 9.17) is 4.42 Å². The molecule has 1 rings (SSSR count). The van der Waals surface area contributed by atoms with Crippen LogP contribution < -0.4 is 0 Å². The lowest BCUT2D eigenvalue weighted by atomic mass is 9.94. The molecular formula is C13H22O. The molecule has 0 aromatic carbocycles. The molecule has 14 heavy (non-hydrogen) atoms. The van der Waals surface area contributed by atoms with Gasteiger partial charge in [-0.15, -0.1) is 13.2 Å². The van der Waals surface area contributed by atoms with E-state index in [2.05, 4.69) is 59.9 Å². The minimum Gasteiger partial charge on any atom is -0.465 e. The van der Waals surface area contributed by atoms with Crippen molar-refractivity contribution in [1.82, 2.24) is 0 Å². The SMILES string of the molecule is C=C.CC(C)c1ccc(C(C)(C)C)o1. The topological polar surface area (TPSA) is 13.1 Å². The number of rotatable bonds is 1. The van der Waals surface area contributed by atoms with Crippen molar-refractivity contribution in [2.24, 2.45) is 0 Å². The van der Waals surface area contributed by atoms with Crippen LogP contribution in [0.1, 0.15) is 52.1 Å². The van der Waals surface area contributed by atoms with Crippen LogP contribution in [0.3, 0.4) is 0 Å². The van der Waals surface area contributed by atoms with Crippen LogP contribution in [0.25, 0.3) is 0 Å². The van der Waals surface area contributed by atoms with Gasteiger partial charge in [0.2, 0.25) is 0 Å². The predicted octanol–water partition coefficient (Wildman–Crippen LogP) is 4.50. The molecule has 1 heteroatoms. The second-order valence-corrected chi connectivity index (χ2v) is 4.61. The van der Waals surface area contributed by atoms with Crippen LogP contribution in [0.5, 0.6) is 0 Å². The van der Waals surface area contributed by atoms with E-state index in [0.717, 1.165) is 11.5 Å². The fourth-order valence-corrected chi connectivity index (χ4v) is 1.07. The zero-order valence-corrected chi connectivity index (χ0v) is 10.1. The lowest BCUT2D eigenvalue weighted by Gasteiger charge is -2.14. The van der Waals surface area contributed by atoms with Gasteiger partial charge in [-0.25, -0.2) is 0 Å². The zero-order chi connectivity index (χ0) is 11.4. The second-order valence-electron chi connectivity index (χ2n) is 4.61. The molecule has 1 aromatic heterocycles. The third-order valence-corrected chi connectivity index (χ3v) is 1.94. The molecular weight excluding hydrogens is 172 g/mol. The van der Waals surface area contributed by atoms with Crippen molar-refractivity contribution in [2.45, 2.75) is 46.0 Å². The predicted molar refractivity (Wildman–Crippen MR) is 62.8 cm³/mol. The average Bonchev–Trinajstić information content (AvgIpc) is 2.54. The van der Waals surface area contributed by atoms with Crippen molar-refractivity contribution in [3.8, 4) is 0 Å². The monoisotopic (exact) mass is 194 g/mol. The molecule has 0 fully saturated rings. The maximum Gasteiger partial charge on any atom is 0.109 e. The van der Waals surface area contributed by atoms with Crippen molar-refractivity contribution in [1.29, 1.82) is 0 Å². The summed E-state index contributed by atoms with van der Waals surface area (Å²) in [7, 11) is 0. The van der Waals surface area contributed by atoms with Crippen molar-refractivity contribution < 1.29 is 4.42 Å². The van der Waals surface area contributed by atoms with Gasteiger partial charge in [0.15, 0.2) is 0 Å². The van der Waals surface area contributed by atoms with E-state index >= 15 is 0 Å². The van der Waals surface area contributed by atoms with Gasteiger partial charge < -0.3 is 4.42 Å². The minimum atomic E-state index is 0.132. The molecule has 80 valence electrons. The molecule has 0 saturated carbocycles. The van der Waals surface area contributed by atoms with Crippen LogP contribution in [0, 0.1) is 0 Å². The van der Waals surface area contributed by atoms with Crippen molar-refractivity contribution >= 4 is 0 Å². The molecule has 0 bridgehead atoms. The summed E-state index contributed by atoms with van der Waals surface area (Å²) in [5.41, 5.74) is 0.132. The molecule has 1 heterocycles. The summed E-state index contributed by atoms with van der Waals surface area (Å²) in [5.74, 6) is 2.65. The average molecular weight is 194 g/mol. The molecule has 1 nitrogen and oxygen atoms in total. The molecule has 0 aliphatic carbocycles. The Labute approximate surface area is 87.8 Å². The van der Waals surface area contributed by atoms with E-state index in [9.17, 15) is 0 Å². The van der Waals surface area contributed by atoms with Gasteiger partial charge >= 0.3 is 0 Å². The molecule has 0 aliphatic rings. The van der Waals surface area contributed by atoms with Crippen LogP contribution in [0.4, 0.5) is 0 Å². The lowest BCUT2D eigenvalue weighted by Crippen LogP contribution is -2.09. The van der Waals surface area contributed by atoms with Gasteiger partial charge in [0.05, 0.1) is 0 Å². The molecule has 0 atom stereocenters. The van der Waals surface area contributed by atoms with Crippen LogP contribution in [0.2, 0.25) is 0 Å². The van der Waals surface area contributed by atoms with Crippen LogP contribution >= 0.6 is 0 Å². The lowest BCUT2D eigenvalue weighted by molar-refractivity contribution is 0.377. The van der Waals surface area contributed by atoms with E-state index in [-0.39, 0.29) is 5.41 Å². The quantitative estimate of drug-likeness (QED) is 0.600. The Bertz CT molecular complexity index is 263. The Morgan fingerprint density at radius 1 is 1.14 bits per heavy atom. The van der Waals surface area contributed by atoms with Gasteiger partial charge in [0, 0.05) is 11.3 Å². The minimum absolute atomic E-state index is 0.132. The Balaban J connectivity index is 0.000000791. The number of furan rings is 1. The molecule has 0 saturated heterocycles.